The molecule has 2 aliphatic rings. The maximum absolute atomic E-state index is 5.67. The molecule has 70 valence electrons. The van der Waals surface area contributed by atoms with E-state index in [1.165, 1.54) is 0 Å². The molecule has 4 nitrogen and oxygen atoms in total. The Bertz CT molecular complexity index is 152. The third-order valence-electron chi connectivity index (χ3n) is 2.82. The van der Waals surface area contributed by atoms with Crippen LogP contribution in [-0.4, -0.2) is 37.8 Å². The summed E-state index contributed by atoms with van der Waals surface area (Å²) < 4.78 is 11.3. The highest BCUT2D eigenvalue weighted by molar-refractivity contribution is 4.97. The predicted molar refractivity (Wildman–Crippen MR) is 44.7 cm³/mol. The maximum atomic E-state index is 5.67. The molecule has 2 fully saturated rings. The van der Waals surface area contributed by atoms with Crippen molar-refractivity contribution in [1.82, 2.24) is 10.6 Å². The van der Waals surface area contributed by atoms with E-state index in [-0.39, 0.29) is 11.4 Å². The van der Waals surface area contributed by atoms with Gasteiger partial charge in [-0.1, -0.05) is 0 Å². The van der Waals surface area contributed by atoms with E-state index in [2.05, 4.69) is 10.6 Å². The molecule has 2 N–H and O–H groups in total. The van der Waals surface area contributed by atoms with Gasteiger partial charge in [0, 0.05) is 13.1 Å². The van der Waals surface area contributed by atoms with E-state index in [4.69, 9.17) is 9.47 Å². The molecular weight excluding hydrogens is 156 g/mol. The van der Waals surface area contributed by atoms with Gasteiger partial charge in [-0.2, -0.15) is 0 Å². The second-order valence-corrected chi connectivity index (χ2v) is 3.62. The predicted octanol–water partition coefficient (Wildman–Crippen LogP) is -0.342. The minimum Gasteiger partial charge on any atom is -0.355 e. The molecule has 0 aromatic carbocycles. The zero-order chi connectivity index (χ0) is 8.66. The largest absolute Gasteiger partial charge is 0.355 e. The Labute approximate surface area is 72.6 Å². The summed E-state index contributed by atoms with van der Waals surface area (Å²) in [5.41, 5.74) is -0.743. The first-order valence-corrected chi connectivity index (χ1v) is 4.44. The highest BCUT2D eigenvalue weighted by Gasteiger charge is 2.50. The number of hydrogen-bond acceptors (Lipinski definition) is 4. The fourth-order valence-corrected chi connectivity index (χ4v) is 1.80. The number of fused-ring (bicyclic) bond motifs is 1. The summed E-state index contributed by atoms with van der Waals surface area (Å²) in [6.45, 7) is 7.24. The van der Waals surface area contributed by atoms with E-state index < -0.39 is 0 Å². The quantitative estimate of drug-likeness (QED) is 0.524. The van der Waals surface area contributed by atoms with E-state index >= 15 is 0 Å². The van der Waals surface area contributed by atoms with Crippen molar-refractivity contribution in [1.29, 1.82) is 0 Å². The number of morpholine rings is 2. The lowest BCUT2D eigenvalue weighted by molar-refractivity contribution is -0.266. The molecule has 2 heterocycles. The first kappa shape index (κ1) is 8.44. The normalized spacial score (nSPS) is 48.5. The monoisotopic (exact) mass is 172 g/mol. The number of hydrogen-bond donors (Lipinski definition) is 2. The van der Waals surface area contributed by atoms with Crippen LogP contribution in [0.5, 0.6) is 0 Å². The molecule has 0 aliphatic carbocycles. The third kappa shape index (κ3) is 1.07. The molecule has 2 aliphatic heterocycles. The van der Waals surface area contributed by atoms with Crippen molar-refractivity contribution in [2.24, 2.45) is 0 Å². The van der Waals surface area contributed by atoms with Gasteiger partial charge >= 0.3 is 0 Å². The van der Waals surface area contributed by atoms with Crippen molar-refractivity contribution in [3.8, 4) is 0 Å². The van der Waals surface area contributed by atoms with Gasteiger partial charge in [-0.15, -0.1) is 0 Å². The summed E-state index contributed by atoms with van der Waals surface area (Å²) >= 11 is 0. The second kappa shape index (κ2) is 2.67. The zero-order valence-electron chi connectivity index (χ0n) is 7.64. The summed E-state index contributed by atoms with van der Waals surface area (Å²) in [6, 6.07) is 0. The average molecular weight is 172 g/mol. The number of ether oxygens (including phenoxy) is 2. The van der Waals surface area contributed by atoms with Crippen LogP contribution < -0.4 is 10.6 Å². The van der Waals surface area contributed by atoms with Crippen molar-refractivity contribution in [2.75, 3.05) is 26.3 Å². The molecule has 2 rings (SSSR count). The van der Waals surface area contributed by atoms with E-state index in [0.29, 0.717) is 0 Å². The van der Waals surface area contributed by atoms with Crippen LogP contribution in [0.3, 0.4) is 0 Å². The molecule has 0 amide bonds. The Hall–Kier alpha value is -0.160. The van der Waals surface area contributed by atoms with E-state index in [1.54, 1.807) is 0 Å². The molecule has 2 saturated heterocycles. The van der Waals surface area contributed by atoms with Gasteiger partial charge in [0.15, 0.2) is 11.4 Å². The van der Waals surface area contributed by atoms with Crippen LogP contribution in [0.1, 0.15) is 13.8 Å². The first-order chi connectivity index (χ1) is 5.66. The molecule has 0 radical (unpaired) electrons. The fraction of sp³-hybridized carbons (Fsp3) is 1.00. The Morgan fingerprint density at radius 2 is 1.33 bits per heavy atom. The van der Waals surface area contributed by atoms with Gasteiger partial charge in [0.05, 0.1) is 13.2 Å². The van der Waals surface area contributed by atoms with Crippen LogP contribution in [0.4, 0.5) is 0 Å². The maximum Gasteiger partial charge on any atom is 0.159 e. The smallest absolute Gasteiger partial charge is 0.159 e. The minimum atomic E-state index is -0.372. The van der Waals surface area contributed by atoms with Gasteiger partial charge in [0.2, 0.25) is 0 Å². The average Bonchev–Trinajstić information content (AvgIpc) is 2.05. The Morgan fingerprint density at radius 1 is 0.917 bits per heavy atom. The molecule has 4 heteroatoms. The molecule has 0 bridgehead atoms. The molecule has 2 atom stereocenters. The van der Waals surface area contributed by atoms with Crippen molar-refractivity contribution >= 4 is 0 Å². The lowest BCUT2D eigenvalue weighted by atomic mass is 9.99. The Kier molecular flexibility index (Phi) is 1.88. The van der Waals surface area contributed by atoms with Gasteiger partial charge in [-0.25, -0.2) is 0 Å². The molecule has 0 aromatic rings. The number of nitrogens with one attached hydrogen (secondary N) is 2. The topological polar surface area (TPSA) is 42.5 Å². The minimum absolute atomic E-state index is 0.372. The zero-order valence-corrected chi connectivity index (χ0v) is 7.64. The second-order valence-electron chi connectivity index (χ2n) is 3.62. The van der Waals surface area contributed by atoms with Crippen LogP contribution in [0.15, 0.2) is 0 Å². The van der Waals surface area contributed by atoms with Gasteiger partial charge < -0.3 is 9.47 Å². The fourth-order valence-electron chi connectivity index (χ4n) is 1.80. The van der Waals surface area contributed by atoms with E-state index in [0.717, 1.165) is 26.3 Å². The number of rotatable bonds is 0. The summed E-state index contributed by atoms with van der Waals surface area (Å²) in [6.07, 6.45) is 0. The molecule has 0 spiro atoms. The molecule has 0 saturated carbocycles. The highest BCUT2D eigenvalue weighted by atomic mass is 16.6. The molecule has 0 aromatic heterocycles. The first-order valence-electron chi connectivity index (χ1n) is 4.44. The highest BCUT2D eigenvalue weighted by Crippen LogP contribution is 2.29. The summed E-state index contributed by atoms with van der Waals surface area (Å²) in [7, 11) is 0. The van der Waals surface area contributed by atoms with Gasteiger partial charge in [0.25, 0.3) is 0 Å². The van der Waals surface area contributed by atoms with Crippen LogP contribution in [-0.2, 0) is 9.47 Å². The standard InChI is InChI=1S/C8H16N2O2/c1-7-8(2,10-4-5-11-7)12-6-3-9-7/h9-10H,3-6H2,1-2H3/t7-,8-/m0/s1. The summed E-state index contributed by atoms with van der Waals surface area (Å²) in [5, 5.41) is 6.66. The van der Waals surface area contributed by atoms with Gasteiger partial charge in [-0.3, -0.25) is 10.6 Å². The van der Waals surface area contributed by atoms with Crippen LogP contribution in [0, 0.1) is 0 Å². The molecule has 12 heavy (non-hydrogen) atoms. The summed E-state index contributed by atoms with van der Waals surface area (Å²) in [4.78, 5) is 0. The SMILES string of the molecule is C[C@@]12NCCO[C@]1(C)NCCO2. The van der Waals surface area contributed by atoms with E-state index in [1.807, 2.05) is 13.8 Å². The van der Waals surface area contributed by atoms with Crippen LogP contribution >= 0.6 is 0 Å². The van der Waals surface area contributed by atoms with Crippen molar-refractivity contribution in [3.63, 3.8) is 0 Å². The lowest BCUT2D eigenvalue weighted by Crippen LogP contribution is -2.75. The van der Waals surface area contributed by atoms with Crippen molar-refractivity contribution < 1.29 is 9.47 Å². The van der Waals surface area contributed by atoms with Crippen LogP contribution in [0.2, 0.25) is 0 Å². The van der Waals surface area contributed by atoms with Crippen molar-refractivity contribution in [2.45, 2.75) is 25.3 Å². The van der Waals surface area contributed by atoms with Crippen molar-refractivity contribution in [3.05, 3.63) is 0 Å². The Morgan fingerprint density at radius 3 is 1.75 bits per heavy atom. The molecular formula is C8H16N2O2. The Balaban J connectivity index is 2.20. The lowest BCUT2D eigenvalue weighted by Gasteiger charge is -2.52. The van der Waals surface area contributed by atoms with Gasteiger partial charge in [-0.05, 0) is 13.8 Å². The van der Waals surface area contributed by atoms with Crippen LogP contribution in [0.25, 0.3) is 0 Å². The van der Waals surface area contributed by atoms with E-state index in [9.17, 15) is 0 Å². The third-order valence-corrected chi connectivity index (χ3v) is 2.82. The molecule has 0 unspecified atom stereocenters. The summed E-state index contributed by atoms with van der Waals surface area (Å²) in [5.74, 6) is 0. The van der Waals surface area contributed by atoms with Gasteiger partial charge in [0.1, 0.15) is 0 Å².